The second-order valence-corrected chi connectivity index (χ2v) is 6.49. The number of carbonyl (C=O) groups is 2. The highest BCUT2D eigenvalue weighted by Gasteiger charge is 2.27. The summed E-state index contributed by atoms with van der Waals surface area (Å²) in [7, 11) is 0. The Kier molecular flexibility index (Phi) is 3.72. The van der Waals surface area contributed by atoms with E-state index in [1.165, 1.54) is 11.1 Å². The molecule has 2 aliphatic rings. The SMILES string of the molecule is Cc1c(C2CCNCC2)ccn2c(N3CCC(=O)NC3=O)cnc12. The molecule has 0 unspecified atom stereocenters. The first-order valence-corrected chi connectivity index (χ1v) is 8.44. The molecule has 0 saturated carbocycles. The van der Waals surface area contributed by atoms with Gasteiger partial charge in [0.2, 0.25) is 5.91 Å². The Bertz CT molecular complexity index is 807. The van der Waals surface area contributed by atoms with E-state index in [0.717, 1.165) is 31.6 Å². The standard InChI is InChI=1S/C17H21N5O2/c1-11-13(12-2-6-18-7-3-12)4-8-21-15(10-19-16(11)21)22-9-5-14(23)20-17(22)24/h4,8,10,12,18H,2-3,5-7,9H2,1H3,(H,20,23,24). The number of aryl methyl sites for hydroxylation is 1. The Balaban J connectivity index is 1.71. The van der Waals surface area contributed by atoms with Gasteiger partial charge < -0.3 is 5.32 Å². The number of amides is 3. The first kappa shape index (κ1) is 15.1. The maximum Gasteiger partial charge on any atom is 0.329 e. The van der Waals surface area contributed by atoms with Crippen molar-refractivity contribution in [2.45, 2.75) is 32.1 Å². The number of hydrogen-bond donors (Lipinski definition) is 2. The minimum Gasteiger partial charge on any atom is -0.317 e. The van der Waals surface area contributed by atoms with Crippen LogP contribution in [0.5, 0.6) is 0 Å². The molecular weight excluding hydrogens is 306 g/mol. The maximum absolute atomic E-state index is 12.1. The molecule has 0 aromatic carbocycles. The van der Waals surface area contributed by atoms with Crippen LogP contribution >= 0.6 is 0 Å². The molecule has 2 aromatic heterocycles. The fourth-order valence-electron chi connectivity index (χ4n) is 3.74. The van der Waals surface area contributed by atoms with Gasteiger partial charge in [0.05, 0.1) is 6.20 Å². The number of anilines is 1. The van der Waals surface area contributed by atoms with Gasteiger partial charge in [0.25, 0.3) is 0 Å². The predicted molar refractivity (Wildman–Crippen MR) is 90.3 cm³/mol. The Morgan fingerprint density at radius 2 is 2.04 bits per heavy atom. The van der Waals surface area contributed by atoms with Crippen molar-refractivity contribution in [3.8, 4) is 0 Å². The van der Waals surface area contributed by atoms with Crippen molar-refractivity contribution in [2.24, 2.45) is 0 Å². The van der Waals surface area contributed by atoms with Crippen molar-refractivity contribution in [3.05, 3.63) is 29.6 Å². The summed E-state index contributed by atoms with van der Waals surface area (Å²) in [6.45, 7) is 4.59. The van der Waals surface area contributed by atoms with Gasteiger partial charge in [-0.25, -0.2) is 9.78 Å². The van der Waals surface area contributed by atoms with Crippen LogP contribution in [0.1, 0.15) is 36.3 Å². The van der Waals surface area contributed by atoms with Crippen molar-refractivity contribution >= 4 is 23.4 Å². The van der Waals surface area contributed by atoms with Crippen LogP contribution in [0.2, 0.25) is 0 Å². The molecule has 126 valence electrons. The normalized spacial score (nSPS) is 19.8. The summed E-state index contributed by atoms with van der Waals surface area (Å²) in [5.41, 5.74) is 3.40. The molecule has 0 atom stereocenters. The van der Waals surface area contributed by atoms with E-state index >= 15 is 0 Å². The van der Waals surface area contributed by atoms with Crippen LogP contribution in [0, 0.1) is 6.92 Å². The fraction of sp³-hybridized carbons (Fsp3) is 0.471. The third-order valence-corrected chi connectivity index (χ3v) is 5.06. The smallest absolute Gasteiger partial charge is 0.317 e. The molecule has 0 radical (unpaired) electrons. The van der Waals surface area contributed by atoms with E-state index in [-0.39, 0.29) is 11.9 Å². The van der Waals surface area contributed by atoms with Crippen LogP contribution < -0.4 is 15.5 Å². The number of urea groups is 1. The number of pyridine rings is 1. The van der Waals surface area contributed by atoms with Crippen molar-refractivity contribution in [2.75, 3.05) is 24.5 Å². The van der Waals surface area contributed by atoms with Crippen molar-refractivity contribution in [1.82, 2.24) is 20.0 Å². The number of aromatic nitrogens is 2. The molecular formula is C17H21N5O2. The summed E-state index contributed by atoms with van der Waals surface area (Å²) in [4.78, 5) is 29.5. The summed E-state index contributed by atoms with van der Waals surface area (Å²) >= 11 is 0. The van der Waals surface area contributed by atoms with Crippen molar-refractivity contribution < 1.29 is 9.59 Å². The lowest BCUT2D eigenvalue weighted by Gasteiger charge is -2.26. The Morgan fingerprint density at radius 3 is 2.79 bits per heavy atom. The molecule has 4 heterocycles. The number of carbonyl (C=O) groups excluding carboxylic acids is 2. The lowest BCUT2D eigenvalue weighted by Crippen LogP contribution is -2.50. The Hall–Kier alpha value is -2.41. The second-order valence-electron chi connectivity index (χ2n) is 6.49. The van der Waals surface area contributed by atoms with E-state index in [9.17, 15) is 9.59 Å². The largest absolute Gasteiger partial charge is 0.329 e. The highest BCUT2D eigenvalue weighted by Crippen LogP contribution is 2.31. The first-order valence-electron chi connectivity index (χ1n) is 8.44. The minimum atomic E-state index is -0.381. The van der Waals surface area contributed by atoms with Crippen LogP contribution in [0.25, 0.3) is 5.65 Å². The molecule has 2 saturated heterocycles. The van der Waals surface area contributed by atoms with Crippen LogP contribution in [0.15, 0.2) is 18.5 Å². The second kappa shape index (κ2) is 5.90. The van der Waals surface area contributed by atoms with E-state index in [2.05, 4.69) is 28.6 Å². The van der Waals surface area contributed by atoms with Crippen molar-refractivity contribution in [1.29, 1.82) is 0 Å². The number of imidazole rings is 1. The van der Waals surface area contributed by atoms with Crippen molar-refractivity contribution in [3.63, 3.8) is 0 Å². The van der Waals surface area contributed by atoms with E-state index in [1.54, 1.807) is 11.1 Å². The van der Waals surface area contributed by atoms with Gasteiger partial charge in [-0.3, -0.25) is 19.4 Å². The monoisotopic (exact) mass is 327 g/mol. The number of piperidine rings is 1. The molecule has 2 aromatic rings. The zero-order valence-corrected chi connectivity index (χ0v) is 13.7. The van der Waals surface area contributed by atoms with Gasteiger partial charge in [-0.05, 0) is 56.0 Å². The average Bonchev–Trinajstić information content (AvgIpc) is 3.01. The van der Waals surface area contributed by atoms with E-state index < -0.39 is 0 Å². The van der Waals surface area contributed by atoms with Crippen LogP contribution in [-0.4, -0.2) is 41.0 Å². The highest BCUT2D eigenvalue weighted by atomic mass is 16.2. The first-order chi connectivity index (χ1) is 11.6. The number of imide groups is 1. The molecule has 0 aliphatic carbocycles. The lowest BCUT2D eigenvalue weighted by molar-refractivity contribution is -0.120. The third-order valence-electron chi connectivity index (χ3n) is 5.06. The number of rotatable bonds is 2. The van der Waals surface area contributed by atoms with E-state index in [4.69, 9.17) is 0 Å². The average molecular weight is 327 g/mol. The quantitative estimate of drug-likeness (QED) is 0.877. The molecule has 24 heavy (non-hydrogen) atoms. The lowest BCUT2D eigenvalue weighted by atomic mass is 9.88. The minimum absolute atomic E-state index is 0.227. The highest BCUT2D eigenvalue weighted by molar-refractivity contribution is 6.05. The Morgan fingerprint density at radius 1 is 1.25 bits per heavy atom. The Labute approximate surface area is 140 Å². The molecule has 0 spiro atoms. The van der Waals surface area contributed by atoms with Crippen LogP contribution in [-0.2, 0) is 4.79 Å². The van der Waals surface area contributed by atoms with Gasteiger partial charge in [0.1, 0.15) is 11.5 Å². The van der Waals surface area contributed by atoms with Gasteiger partial charge in [-0.15, -0.1) is 0 Å². The maximum atomic E-state index is 12.1. The molecule has 0 bridgehead atoms. The van der Waals surface area contributed by atoms with E-state index in [1.807, 2.05) is 10.6 Å². The third kappa shape index (κ3) is 2.45. The summed E-state index contributed by atoms with van der Waals surface area (Å²) in [5, 5.41) is 5.76. The molecule has 7 nitrogen and oxygen atoms in total. The predicted octanol–water partition coefficient (Wildman–Crippen LogP) is 1.56. The number of hydrogen-bond acceptors (Lipinski definition) is 4. The molecule has 3 amide bonds. The van der Waals surface area contributed by atoms with Gasteiger partial charge in [-0.1, -0.05) is 0 Å². The zero-order valence-electron chi connectivity index (χ0n) is 13.7. The number of nitrogens with one attached hydrogen (secondary N) is 2. The summed E-state index contributed by atoms with van der Waals surface area (Å²) in [5.74, 6) is 1.04. The molecule has 2 N–H and O–H groups in total. The molecule has 7 heteroatoms. The fourth-order valence-corrected chi connectivity index (χ4v) is 3.74. The van der Waals surface area contributed by atoms with Crippen LogP contribution in [0.4, 0.5) is 10.6 Å². The van der Waals surface area contributed by atoms with Gasteiger partial charge in [-0.2, -0.15) is 0 Å². The molecule has 2 fully saturated rings. The summed E-state index contributed by atoms with van der Waals surface area (Å²) in [6.07, 6.45) is 6.29. The zero-order chi connectivity index (χ0) is 16.7. The molecule has 2 aliphatic heterocycles. The van der Waals surface area contributed by atoms with Gasteiger partial charge in [0, 0.05) is 19.2 Å². The molecule has 4 rings (SSSR count). The summed E-state index contributed by atoms with van der Waals surface area (Å²) in [6, 6.07) is 1.77. The topological polar surface area (TPSA) is 78.7 Å². The summed E-state index contributed by atoms with van der Waals surface area (Å²) < 4.78 is 1.94. The van der Waals surface area contributed by atoms with Crippen LogP contribution in [0.3, 0.4) is 0 Å². The number of fused-ring (bicyclic) bond motifs is 1. The number of nitrogens with zero attached hydrogens (tertiary/aromatic N) is 3. The van der Waals surface area contributed by atoms with Gasteiger partial charge in [0.15, 0.2) is 0 Å². The van der Waals surface area contributed by atoms with E-state index in [0.29, 0.717) is 24.7 Å². The van der Waals surface area contributed by atoms with Gasteiger partial charge >= 0.3 is 6.03 Å².